The number of hydrogen-bond acceptors (Lipinski definition) is 4. The lowest BCUT2D eigenvalue weighted by atomic mass is 9.69. The molecule has 6 nitrogen and oxygen atoms in total. The van der Waals surface area contributed by atoms with Gasteiger partial charge in [-0.3, -0.25) is 4.79 Å². The van der Waals surface area contributed by atoms with Gasteiger partial charge in [-0.15, -0.1) is 0 Å². The SMILES string of the molecule is CN(C)c1ccc(-c2ccc(CC3(C(=O)Nc4cccc(/C=C/C(=O)O)c4)CCCCC3)cc2)cc1C#N. The minimum atomic E-state index is -1.01. The van der Waals surface area contributed by atoms with E-state index in [0.717, 1.165) is 66.1 Å². The summed E-state index contributed by atoms with van der Waals surface area (Å²) in [6.45, 7) is 0. The van der Waals surface area contributed by atoms with Crippen LogP contribution in [0.5, 0.6) is 0 Å². The molecule has 1 amide bonds. The number of anilines is 2. The number of carboxylic acids is 1. The van der Waals surface area contributed by atoms with Crippen LogP contribution in [0.1, 0.15) is 48.8 Å². The Balaban J connectivity index is 1.53. The van der Waals surface area contributed by atoms with Crippen molar-refractivity contribution in [1.82, 2.24) is 0 Å². The van der Waals surface area contributed by atoms with E-state index in [4.69, 9.17) is 5.11 Å². The summed E-state index contributed by atoms with van der Waals surface area (Å²) in [6.07, 6.45) is 8.08. The average Bonchev–Trinajstić information content (AvgIpc) is 2.92. The van der Waals surface area contributed by atoms with Gasteiger partial charge in [-0.2, -0.15) is 5.26 Å². The highest BCUT2D eigenvalue weighted by atomic mass is 16.4. The van der Waals surface area contributed by atoms with Crippen molar-refractivity contribution in [2.75, 3.05) is 24.3 Å². The molecule has 3 aromatic carbocycles. The van der Waals surface area contributed by atoms with Crippen LogP contribution < -0.4 is 10.2 Å². The molecule has 0 atom stereocenters. The van der Waals surface area contributed by atoms with Crippen molar-refractivity contribution in [2.24, 2.45) is 5.41 Å². The highest BCUT2D eigenvalue weighted by Gasteiger charge is 2.39. The first-order valence-corrected chi connectivity index (χ1v) is 12.9. The van der Waals surface area contributed by atoms with Crippen molar-refractivity contribution in [2.45, 2.75) is 38.5 Å². The maximum absolute atomic E-state index is 13.7. The maximum Gasteiger partial charge on any atom is 0.328 e. The van der Waals surface area contributed by atoms with Crippen LogP contribution in [-0.2, 0) is 16.0 Å². The number of hydrogen-bond donors (Lipinski definition) is 2. The molecule has 3 aromatic rings. The smallest absolute Gasteiger partial charge is 0.328 e. The van der Waals surface area contributed by atoms with Gasteiger partial charge < -0.3 is 15.3 Å². The van der Waals surface area contributed by atoms with Gasteiger partial charge >= 0.3 is 5.97 Å². The summed E-state index contributed by atoms with van der Waals surface area (Å²) in [5.74, 6) is -0.999. The lowest BCUT2D eigenvalue weighted by molar-refractivity contribution is -0.131. The number of carbonyl (C=O) groups is 2. The third-order valence-corrected chi connectivity index (χ3v) is 7.28. The molecule has 38 heavy (non-hydrogen) atoms. The van der Waals surface area contributed by atoms with E-state index < -0.39 is 11.4 Å². The zero-order valence-electron chi connectivity index (χ0n) is 21.9. The number of nitrogens with one attached hydrogen (secondary N) is 1. The fraction of sp³-hybridized carbons (Fsp3) is 0.281. The molecule has 0 unspecified atom stereocenters. The van der Waals surface area contributed by atoms with Crippen LogP contribution in [0.15, 0.2) is 72.8 Å². The molecule has 4 rings (SSSR count). The van der Waals surface area contributed by atoms with Crippen molar-refractivity contribution < 1.29 is 14.7 Å². The zero-order chi connectivity index (χ0) is 27.1. The number of benzene rings is 3. The van der Waals surface area contributed by atoms with Gasteiger partial charge in [-0.05, 0) is 71.9 Å². The fourth-order valence-electron chi connectivity index (χ4n) is 5.26. The molecule has 0 saturated heterocycles. The third-order valence-electron chi connectivity index (χ3n) is 7.28. The minimum Gasteiger partial charge on any atom is -0.478 e. The Morgan fingerprint density at radius 1 is 1.00 bits per heavy atom. The number of carboxylic acid groups (broad SMARTS) is 1. The topological polar surface area (TPSA) is 93.4 Å². The van der Waals surface area contributed by atoms with E-state index in [1.54, 1.807) is 12.1 Å². The second kappa shape index (κ2) is 11.8. The molecule has 0 aromatic heterocycles. The van der Waals surface area contributed by atoms with E-state index in [2.05, 4.69) is 35.7 Å². The van der Waals surface area contributed by atoms with Gasteiger partial charge in [0.25, 0.3) is 0 Å². The van der Waals surface area contributed by atoms with Crippen LogP contribution in [0.4, 0.5) is 11.4 Å². The third kappa shape index (κ3) is 6.30. The molecular formula is C32H33N3O3. The number of nitrogens with zero attached hydrogens (tertiary/aromatic N) is 2. The lowest BCUT2D eigenvalue weighted by Crippen LogP contribution is -2.40. The van der Waals surface area contributed by atoms with E-state index in [1.165, 1.54) is 6.08 Å². The van der Waals surface area contributed by atoms with Crippen LogP contribution in [0, 0.1) is 16.7 Å². The molecule has 0 radical (unpaired) electrons. The summed E-state index contributed by atoms with van der Waals surface area (Å²) < 4.78 is 0. The zero-order valence-corrected chi connectivity index (χ0v) is 21.9. The molecule has 1 fully saturated rings. The average molecular weight is 508 g/mol. The lowest BCUT2D eigenvalue weighted by Gasteiger charge is -2.36. The van der Waals surface area contributed by atoms with E-state index >= 15 is 0 Å². The summed E-state index contributed by atoms with van der Waals surface area (Å²) in [5, 5.41) is 21.6. The molecule has 0 heterocycles. The van der Waals surface area contributed by atoms with E-state index in [-0.39, 0.29) is 5.91 Å². The summed E-state index contributed by atoms with van der Waals surface area (Å²) in [6, 6.07) is 23.7. The first-order chi connectivity index (χ1) is 18.3. The van der Waals surface area contributed by atoms with Crippen LogP contribution in [0.25, 0.3) is 17.2 Å². The second-order valence-corrected chi connectivity index (χ2v) is 10.2. The van der Waals surface area contributed by atoms with Crippen molar-refractivity contribution >= 4 is 29.3 Å². The van der Waals surface area contributed by atoms with Crippen molar-refractivity contribution in [1.29, 1.82) is 5.26 Å². The highest BCUT2D eigenvalue weighted by Crippen LogP contribution is 2.41. The molecule has 0 aliphatic heterocycles. The van der Waals surface area contributed by atoms with E-state index in [1.807, 2.05) is 49.3 Å². The summed E-state index contributed by atoms with van der Waals surface area (Å²) in [7, 11) is 3.85. The first kappa shape index (κ1) is 26.7. The van der Waals surface area contributed by atoms with Crippen molar-refractivity contribution in [3.8, 4) is 17.2 Å². The molecule has 1 saturated carbocycles. The van der Waals surface area contributed by atoms with Gasteiger partial charge in [0.1, 0.15) is 6.07 Å². The second-order valence-electron chi connectivity index (χ2n) is 10.2. The predicted molar refractivity (Wildman–Crippen MR) is 152 cm³/mol. The quantitative estimate of drug-likeness (QED) is 0.339. The van der Waals surface area contributed by atoms with Crippen LogP contribution in [0.3, 0.4) is 0 Å². The molecule has 1 aliphatic carbocycles. The molecule has 0 spiro atoms. The van der Waals surface area contributed by atoms with Crippen molar-refractivity contribution in [3.63, 3.8) is 0 Å². The number of amides is 1. The van der Waals surface area contributed by atoms with Crippen LogP contribution >= 0.6 is 0 Å². The minimum absolute atomic E-state index is 0.0126. The Labute approximate surface area is 224 Å². The normalized spacial score (nSPS) is 14.6. The van der Waals surface area contributed by atoms with E-state index in [0.29, 0.717) is 17.7 Å². The summed E-state index contributed by atoms with van der Waals surface area (Å²) in [5.41, 5.74) is 5.54. The van der Waals surface area contributed by atoms with Crippen molar-refractivity contribution in [3.05, 3.63) is 89.5 Å². The van der Waals surface area contributed by atoms with Gasteiger partial charge in [0.15, 0.2) is 0 Å². The Kier molecular flexibility index (Phi) is 8.28. The number of nitriles is 1. The molecular weight excluding hydrogens is 474 g/mol. The Morgan fingerprint density at radius 2 is 1.71 bits per heavy atom. The largest absolute Gasteiger partial charge is 0.478 e. The summed E-state index contributed by atoms with van der Waals surface area (Å²) >= 11 is 0. The Morgan fingerprint density at radius 3 is 2.37 bits per heavy atom. The van der Waals surface area contributed by atoms with Crippen LogP contribution in [0.2, 0.25) is 0 Å². The fourth-order valence-corrected chi connectivity index (χ4v) is 5.26. The van der Waals surface area contributed by atoms with E-state index in [9.17, 15) is 14.9 Å². The Hall–Kier alpha value is -4.37. The molecule has 1 aliphatic rings. The highest BCUT2D eigenvalue weighted by molar-refractivity contribution is 5.96. The number of aliphatic carboxylic acids is 1. The molecule has 2 N–H and O–H groups in total. The maximum atomic E-state index is 13.7. The van der Waals surface area contributed by atoms with Gasteiger partial charge in [0.2, 0.25) is 5.91 Å². The Bertz CT molecular complexity index is 1380. The van der Waals surface area contributed by atoms with Gasteiger partial charge in [0, 0.05) is 25.9 Å². The summed E-state index contributed by atoms with van der Waals surface area (Å²) in [4.78, 5) is 26.4. The van der Waals surface area contributed by atoms with Crippen LogP contribution in [-0.4, -0.2) is 31.1 Å². The molecule has 0 bridgehead atoms. The number of rotatable bonds is 8. The first-order valence-electron chi connectivity index (χ1n) is 12.9. The van der Waals surface area contributed by atoms with Gasteiger partial charge in [-0.25, -0.2) is 4.79 Å². The molecule has 6 heteroatoms. The predicted octanol–water partition coefficient (Wildman–Crippen LogP) is 6.52. The molecule has 194 valence electrons. The monoisotopic (exact) mass is 507 g/mol. The van der Waals surface area contributed by atoms with Gasteiger partial charge in [-0.1, -0.05) is 61.7 Å². The number of carbonyl (C=O) groups excluding carboxylic acids is 1. The van der Waals surface area contributed by atoms with Gasteiger partial charge in [0.05, 0.1) is 16.7 Å². The standard InChI is InChI=1S/C32H33N3O3/c1-35(2)29-15-14-26(20-27(29)22-33)25-12-9-24(10-13-25)21-32(17-4-3-5-18-32)31(38)34-28-8-6-7-23(19-28)11-16-30(36)37/h6-16,19-20H,3-5,17-18,21H2,1-2H3,(H,34,38)(H,36,37)/b16-11+.